The fraction of sp³-hybridized carbons (Fsp3) is 0.714. The van der Waals surface area contributed by atoms with E-state index in [9.17, 15) is 4.79 Å². The molecule has 14 heteroatoms. The Balaban J connectivity index is 1.13. The first-order valence-corrected chi connectivity index (χ1v) is 23.4. The van der Waals surface area contributed by atoms with Gasteiger partial charge < -0.3 is 42.8 Å². The number of ether oxygens (including phenoxy) is 8. The Morgan fingerprint density at radius 3 is 2.29 bits per heavy atom. The number of allylic oxidation sites excluding steroid dienone is 4. The van der Waals surface area contributed by atoms with Crippen molar-refractivity contribution in [1.82, 2.24) is 19.9 Å². The molecule has 0 radical (unpaired) electrons. The second-order valence-electron chi connectivity index (χ2n) is 19.1. The summed E-state index contributed by atoms with van der Waals surface area (Å²) in [5.41, 5.74) is 3.43. The third kappa shape index (κ3) is 9.52. The zero-order chi connectivity index (χ0) is 44.5. The van der Waals surface area contributed by atoms with E-state index in [0.717, 1.165) is 42.6 Å². The first-order valence-electron chi connectivity index (χ1n) is 23.4. The van der Waals surface area contributed by atoms with Crippen molar-refractivity contribution in [2.24, 2.45) is 35.5 Å². The summed E-state index contributed by atoms with van der Waals surface area (Å²) in [5, 5.41) is 9.34. The summed E-state index contributed by atoms with van der Waals surface area (Å²) in [7, 11) is 9.13. The van der Waals surface area contributed by atoms with E-state index in [2.05, 4.69) is 50.1 Å². The van der Waals surface area contributed by atoms with E-state index in [-0.39, 0.29) is 84.4 Å². The number of hydrogen-bond acceptors (Lipinski definition) is 13. The molecule has 1 aromatic carbocycles. The van der Waals surface area contributed by atoms with Crippen LogP contribution >= 0.6 is 0 Å². The Morgan fingerprint density at radius 1 is 0.825 bits per heavy atom. The number of carbonyl (C=O) groups is 2. The van der Waals surface area contributed by atoms with Gasteiger partial charge in [-0.3, -0.25) is 9.59 Å². The molecule has 0 spiro atoms. The summed E-state index contributed by atoms with van der Waals surface area (Å²) in [5.74, 6) is -1.15. The largest absolute Gasteiger partial charge is 0.462 e. The zero-order valence-electron chi connectivity index (χ0n) is 38.7. The fourth-order valence-electron chi connectivity index (χ4n) is 11.9. The Hall–Kier alpha value is -3.34. The first-order chi connectivity index (χ1) is 30.4. The minimum Gasteiger partial charge on any atom is -0.462 e. The summed E-state index contributed by atoms with van der Waals surface area (Å²) in [6.45, 7) is 8.14. The summed E-state index contributed by atoms with van der Waals surface area (Å²) >= 11 is 0. The molecule has 63 heavy (non-hydrogen) atoms. The quantitative estimate of drug-likeness (QED) is 0.221. The van der Waals surface area contributed by atoms with E-state index in [1.165, 1.54) is 0 Å². The van der Waals surface area contributed by atoms with Gasteiger partial charge in [-0.25, -0.2) is 4.68 Å². The van der Waals surface area contributed by atoms with Crippen molar-refractivity contribution in [3.05, 3.63) is 54.3 Å². The molecule has 346 valence electrons. The van der Waals surface area contributed by atoms with Gasteiger partial charge in [0.2, 0.25) is 0 Å². The molecule has 3 aliphatic carbocycles. The number of cyclic esters (lactones) is 1. The van der Waals surface area contributed by atoms with Crippen molar-refractivity contribution in [1.29, 1.82) is 0 Å². The number of fused-ring (bicyclic) bond motifs is 5. The maximum Gasteiger partial charge on any atom is 0.306 e. The Morgan fingerprint density at radius 2 is 1.59 bits per heavy atom. The average Bonchev–Trinajstić information content (AvgIpc) is 4.02. The van der Waals surface area contributed by atoms with Crippen LogP contribution in [0.25, 0.3) is 17.0 Å². The van der Waals surface area contributed by atoms with Crippen LogP contribution in [0.2, 0.25) is 0 Å². The van der Waals surface area contributed by atoms with Crippen LogP contribution in [0.1, 0.15) is 85.5 Å². The second kappa shape index (κ2) is 20.0. The summed E-state index contributed by atoms with van der Waals surface area (Å²) in [6, 6.07) is 10.3. The molecule has 4 unspecified atom stereocenters. The van der Waals surface area contributed by atoms with Gasteiger partial charge in [0.25, 0.3) is 0 Å². The first kappa shape index (κ1) is 46.2. The molecule has 0 amide bonds. The van der Waals surface area contributed by atoms with Gasteiger partial charge in [0, 0.05) is 56.4 Å². The van der Waals surface area contributed by atoms with Gasteiger partial charge in [0.05, 0.1) is 37.0 Å². The van der Waals surface area contributed by atoms with Gasteiger partial charge in [-0.15, -0.1) is 5.10 Å². The molecule has 4 fully saturated rings. The molecule has 2 aromatic rings. The SMILES string of the molecule is CC[C@H]1CCC[C@H](O[C@H]2CC[C@H](N(C)C)C(C)O2)[C@@H](C)C(=O)C2=C[C@@H]3[C@@H](C=C(n4cc(-c5ccccc5)nn4)[C@@H]4C[C@@H](O[C@@H]5OC(C)[C@H](OC)C(OC)C5OC)C[C@@H]34)[C@@H]2CC(=O)O1. The van der Waals surface area contributed by atoms with Crippen molar-refractivity contribution < 1.29 is 47.5 Å². The predicted molar refractivity (Wildman–Crippen MR) is 235 cm³/mol. The zero-order valence-corrected chi connectivity index (χ0v) is 38.7. The molecule has 4 heterocycles. The fourth-order valence-corrected chi connectivity index (χ4v) is 11.9. The number of ketones is 1. The van der Waals surface area contributed by atoms with E-state index in [1.54, 1.807) is 21.3 Å². The highest BCUT2D eigenvalue weighted by Gasteiger charge is 2.55. The number of aromatic nitrogens is 3. The second-order valence-corrected chi connectivity index (χ2v) is 19.1. The number of benzene rings is 1. The summed E-state index contributed by atoms with van der Waals surface area (Å²) in [4.78, 5) is 31.3. The van der Waals surface area contributed by atoms with Crippen LogP contribution in [-0.2, 0) is 47.5 Å². The van der Waals surface area contributed by atoms with Gasteiger partial charge >= 0.3 is 5.97 Å². The minimum atomic E-state index is -0.687. The molecular weight excluding hydrogens is 805 g/mol. The van der Waals surface area contributed by atoms with Crippen LogP contribution in [0.15, 0.2) is 54.3 Å². The smallest absolute Gasteiger partial charge is 0.306 e. The van der Waals surface area contributed by atoms with E-state index >= 15 is 4.79 Å². The monoisotopic (exact) mass is 875 g/mol. The van der Waals surface area contributed by atoms with Crippen molar-refractivity contribution in [2.45, 2.75) is 153 Å². The van der Waals surface area contributed by atoms with Crippen LogP contribution < -0.4 is 0 Å². The molecule has 1 aromatic heterocycles. The number of carbonyl (C=O) groups excluding carboxylic acids is 2. The van der Waals surface area contributed by atoms with Crippen LogP contribution in [0, 0.1) is 35.5 Å². The van der Waals surface area contributed by atoms with Gasteiger partial charge in [-0.2, -0.15) is 0 Å². The Bertz CT molecular complexity index is 1940. The Labute approximate surface area is 373 Å². The number of rotatable bonds is 11. The minimum absolute atomic E-state index is 0.00368. The number of hydrogen-bond donors (Lipinski definition) is 0. The van der Waals surface area contributed by atoms with Crippen molar-refractivity contribution in [3.8, 4) is 11.3 Å². The lowest BCUT2D eigenvalue weighted by Crippen LogP contribution is -2.59. The number of methoxy groups -OCH3 is 3. The molecular formula is C49H70N4O10. The third-order valence-corrected chi connectivity index (χ3v) is 15.2. The molecule has 6 aliphatic rings. The lowest BCUT2D eigenvalue weighted by atomic mass is 9.69. The predicted octanol–water partition coefficient (Wildman–Crippen LogP) is 6.73. The van der Waals surface area contributed by atoms with E-state index in [4.69, 9.17) is 43.1 Å². The molecule has 0 N–H and O–H groups in total. The molecule has 3 saturated heterocycles. The normalized spacial score (nSPS) is 39.9. The van der Waals surface area contributed by atoms with Crippen LogP contribution in [0.4, 0.5) is 0 Å². The number of nitrogens with zero attached hydrogens (tertiary/aromatic N) is 4. The molecule has 3 aliphatic heterocycles. The third-order valence-electron chi connectivity index (χ3n) is 15.2. The van der Waals surface area contributed by atoms with Crippen molar-refractivity contribution in [3.63, 3.8) is 0 Å². The molecule has 14 nitrogen and oxygen atoms in total. The van der Waals surface area contributed by atoms with E-state index in [1.807, 2.05) is 55.1 Å². The van der Waals surface area contributed by atoms with Gasteiger partial charge in [-0.05, 0) is 103 Å². The Kier molecular flexibility index (Phi) is 14.7. The van der Waals surface area contributed by atoms with Gasteiger partial charge in [0.1, 0.15) is 30.1 Å². The van der Waals surface area contributed by atoms with E-state index < -0.39 is 30.7 Å². The lowest BCUT2D eigenvalue weighted by molar-refractivity contribution is -0.314. The van der Waals surface area contributed by atoms with Crippen LogP contribution in [0.3, 0.4) is 0 Å². The van der Waals surface area contributed by atoms with Gasteiger partial charge in [-0.1, -0.05) is 61.5 Å². The topological polar surface area (TPSA) is 142 Å². The maximum absolute atomic E-state index is 15.1. The molecule has 1 saturated carbocycles. The number of likely N-dealkylation sites (N-methyl/N-ethyl adjacent to an activating group) is 1. The highest BCUT2D eigenvalue weighted by atomic mass is 16.7. The van der Waals surface area contributed by atoms with Crippen molar-refractivity contribution in [2.75, 3.05) is 35.4 Å². The maximum atomic E-state index is 15.1. The number of Topliss-reactive ketones (excluding diaryl/α,β-unsaturated/α-hetero) is 1. The molecule has 17 atom stereocenters. The lowest BCUT2D eigenvalue weighted by Gasteiger charge is -2.44. The molecule has 0 bridgehead atoms. The van der Waals surface area contributed by atoms with Crippen LogP contribution in [0.5, 0.6) is 0 Å². The number of esters is 1. The summed E-state index contributed by atoms with van der Waals surface area (Å²) < 4.78 is 52.4. The average molecular weight is 875 g/mol. The van der Waals surface area contributed by atoms with Crippen LogP contribution in [-0.4, -0.2) is 135 Å². The molecule has 8 rings (SSSR count). The van der Waals surface area contributed by atoms with Crippen molar-refractivity contribution >= 4 is 17.4 Å². The highest BCUT2D eigenvalue weighted by Crippen LogP contribution is 2.57. The van der Waals surface area contributed by atoms with Gasteiger partial charge in [0.15, 0.2) is 18.4 Å². The highest BCUT2D eigenvalue weighted by molar-refractivity contribution is 5.99. The standard InChI is InChI=1S/C49H70N4O10/c1-10-31-17-14-18-42(63-44-20-19-40(52(5)6)28(3)59-44)27(2)45(55)38-23-34-33-21-32(62-49-48(58-9)47(57-8)46(56-7)29(4)60-49)22-37(33)41(24-35(34)36(38)25-43(54)61-31)53-26-39(50-51-53)30-15-12-11-13-16-30/h11-13,15-16,23-24,26-29,31-37,40,42,44,46-49H,10,14,17-22,25H2,1-9H3/t27-,28?,29?,31+,32+,33+,34+,35-,36+,37-,40+,42+,44+,46+,47?,48?,49+/m1/s1. The van der Waals surface area contributed by atoms with E-state index in [0.29, 0.717) is 37.3 Å². The summed E-state index contributed by atoms with van der Waals surface area (Å²) in [6.07, 6.45) is 9.20.